The van der Waals surface area contributed by atoms with Crippen molar-refractivity contribution in [2.75, 3.05) is 52.9 Å². The molecule has 0 amide bonds. The average Bonchev–Trinajstić information content (AvgIpc) is 3.43. The molecule has 3 aliphatic rings. The van der Waals surface area contributed by atoms with E-state index in [1.165, 1.54) is 5.56 Å². The predicted octanol–water partition coefficient (Wildman–Crippen LogP) is -4.15. The molecule has 2 aromatic carbocycles. The molecule has 5 rings (SSSR count). The minimum absolute atomic E-state index is 0. The first-order chi connectivity index (χ1) is 15.2. The van der Waals surface area contributed by atoms with Gasteiger partial charge in [0.25, 0.3) is 0 Å². The molecule has 1 unspecified atom stereocenters. The summed E-state index contributed by atoms with van der Waals surface area (Å²) in [5.74, 6) is 3.17. The fourth-order valence-corrected chi connectivity index (χ4v) is 4.12. The van der Waals surface area contributed by atoms with Gasteiger partial charge >= 0.3 is 0 Å². The van der Waals surface area contributed by atoms with Crippen molar-refractivity contribution in [2.24, 2.45) is 0 Å². The molecule has 0 aromatic heterocycles. The van der Waals surface area contributed by atoms with Crippen LogP contribution in [0.25, 0.3) is 0 Å². The quantitative estimate of drug-likeness (QED) is 0.393. The number of fused-ring (bicyclic) bond motifs is 2. The summed E-state index contributed by atoms with van der Waals surface area (Å²) >= 11 is 0. The Labute approximate surface area is 206 Å². The highest BCUT2D eigenvalue weighted by Crippen LogP contribution is 2.33. The Morgan fingerprint density at radius 2 is 1.30 bits per heavy atom. The molecular weight excluding hydrogens is 471 g/mol. The van der Waals surface area contributed by atoms with Crippen molar-refractivity contribution in [2.45, 2.75) is 19.3 Å². The van der Waals surface area contributed by atoms with Crippen molar-refractivity contribution in [1.29, 1.82) is 0 Å². The summed E-state index contributed by atoms with van der Waals surface area (Å²) in [6, 6.07) is 11.9. The van der Waals surface area contributed by atoms with Crippen molar-refractivity contribution in [3.8, 4) is 23.0 Å². The first-order valence-electron chi connectivity index (χ1n) is 10.7. The number of halogens is 2. The molecule has 1 atom stereocenters. The number of aliphatic hydroxyl groups excluding tert-OH is 1. The molecule has 10 heteroatoms. The second-order valence-electron chi connectivity index (χ2n) is 8.12. The highest BCUT2D eigenvalue weighted by Gasteiger charge is 2.21. The Morgan fingerprint density at radius 3 is 1.97 bits per heavy atom. The number of aliphatic hydroxyl groups is 1. The number of β-amino-alcohol motifs (C(OH)–C–C–N with tert-alkyl or cyclic N) is 1. The van der Waals surface area contributed by atoms with Crippen LogP contribution in [0.15, 0.2) is 36.4 Å². The number of piperazine rings is 1. The summed E-state index contributed by atoms with van der Waals surface area (Å²) in [6.07, 6.45) is -0.505. The van der Waals surface area contributed by atoms with Crippen LogP contribution in [-0.2, 0) is 17.9 Å². The Bertz CT molecular complexity index is 911. The highest BCUT2D eigenvalue weighted by atomic mass is 35.5. The zero-order valence-corrected chi connectivity index (χ0v) is 19.8. The second kappa shape index (κ2) is 12.0. The maximum Gasteiger partial charge on any atom is 0.231 e. The van der Waals surface area contributed by atoms with E-state index < -0.39 is 6.10 Å². The lowest BCUT2D eigenvalue weighted by atomic mass is 10.1. The van der Waals surface area contributed by atoms with E-state index in [0.717, 1.165) is 61.3 Å². The van der Waals surface area contributed by atoms with Gasteiger partial charge in [-0.3, -0.25) is 9.80 Å². The maximum atomic E-state index is 10.4. The second-order valence-corrected chi connectivity index (χ2v) is 8.12. The smallest absolute Gasteiger partial charge is 0.231 e. The van der Waals surface area contributed by atoms with E-state index in [1.54, 1.807) is 0 Å². The first-order valence-corrected chi connectivity index (χ1v) is 10.7. The lowest BCUT2D eigenvalue weighted by Gasteiger charge is -2.35. The topological polar surface area (TPSA) is 72.9 Å². The van der Waals surface area contributed by atoms with Gasteiger partial charge in [-0.1, -0.05) is 12.1 Å². The van der Waals surface area contributed by atoms with Crippen LogP contribution >= 0.6 is 0 Å². The molecule has 0 spiro atoms. The molecule has 1 saturated heterocycles. The molecule has 3 heterocycles. The van der Waals surface area contributed by atoms with Gasteiger partial charge in [-0.25, -0.2) is 0 Å². The fraction of sp³-hybridized carbons (Fsp3) is 0.478. The third kappa shape index (κ3) is 6.56. The number of rotatable bonds is 8. The lowest BCUT2D eigenvalue weighted by molar-refractivity contribution is -0.00100. The monoisotopic (exact) mass is 498 g/mol. The number of nitrogens with zero attached hydrogens (tertiary/aromatic N) is 2. The summed E-state index contributed by atoms with van der Waals surface area (Å²) < 4.78 is 27.3. The first kappa shape index (κ1) is 25.7. The van der Waals surface area contributed by atoms with Gasteiger partial charge in [0.15, 0.2) is 23.0 Å². The van der Waals surface area contributed by atoms with E-state index in [9.17, 15) is 5.11 Å². The largest absolute Gasteiger partial charge is 1.00 e. The van der Waals surface area contributed by atoms with Gasteiger partial charge in [0.1, 0.15) is 0 Å². The van der Waals surface area contributed by atoms with Crippen molar-refractivity contribution in [3.63, 3.8) is 0 Å². The third-order valence-corrected chi connectivity index (χ3v) is 5.79. The van der Waals surface area contributed by atoms with Crippen LogP contribution in [0.1, 0.15) is 11.1 Å². The molecule has 3 aliphatic heterocycles. The standard InChI is InChI=1S/C23H28N2O6.2ClH/c26-19(14-27-13-18-2-4-21-23(10-18)31-16-29-21)12-25-7-5-24(6-8-25)11-17-1-3-20-22(9-17)30-15-28-20;;/h1-4,9-10,19,26H,5-8,11-16H2;2*1H/p-2. The fourth-order valence-electron chi connectivity index (χ4n) is 4.12. The van der Waals surface area contributed by atoms with Gasteiger partial charge in [0, 0.05) is 39.3 Å². The van der Waals surface area contributed by atoms with Gasteiger partial charge in [0.05, 0.1) is 19.3 Å². The van der Waals surface area contributed by atoms with Gasteiger partial charge in [0.2, 0.25) is 13.6 Å². The summed E-state index contributed by atoms with van der Waals surface area (Å²) in [4.78, 5) is 4.72. The number of benzene rings is 2. The average molecular weight is 499 g/mol. The van der Waals surface area contributed by atoms with E-state index in [0.29, 0.717) is 26.6 Å². The Hall–Kier alpha value is -1.94. The molecule has 1 fully saturated rings. The molecule has 8 nitrogen and oxygen atoms in total. The normalized spacial score (nSPS) is 17.8. The van der Waals surface area contributed by atoms with Crippen LogP contribution in [0.2, 0.25) is 0 Å². The SMILES string of the molecule is OC(COCc1ccc2c(c1)OCO2)CN1CCN(Cc2ccc3c(c2)OCO3)CC1.[Cl-].[Cl-]. The molecule has 2 aromatic rings. The van der Waals surface area contributed by atoms with E-state index in [-0.39, 0.29) is 31.6 Å². The van der Waals surface area contributed by atoms with Crippen LogP contribution in [0, 0.1) is 0 Å². The summed E-state index contributed by atoms with van der Waals surface area (Å²) in [6.45, 7) is 6.65. The van der Waals surface area contributed by atoms with Crippen molar-refractivity contribution in [3.05, 3.63) is 47.5 Å². The molecular formula is C23H28Cl2N2O6-2. The summed E-state index contributed by atoms with van der Waals surface area (Å²) in [7, 11) is 0. The van der Waals surface area contributed by atoms with Crippen LogP contribution in [0.3, 0.4) is 0 Å². The summed E-state index contributed by atoms with van der Waals surface area (Å²) in [5, 5.41) is 10.4. The van der Waals surface area contributed by atoms with Crippen LogP contribution in [-0.4, -0.2) is 73.9 Å². The van der Waals surface area contributed by atoms with Crippen molar-refractivity contribution >= 4 is 0 Å². The van der Waals surface area contributed by atoms with Gasteiger partial charge in [-0.15, -0.1) is 0 Å². The number of hydrogen-bond acceptors (Lipinski definition) is 8. The van der Waals surface area contributed by atoms with E-state index in [1.807, 2.05) is 24.3 Å². The minimum Gasteiger partial charge on any atom is -1.00 e. The zero-order valence-electron chi connectivity index (χ0n) is 18.3. The van der Waals surface area contributed by atoms with Crippen LogP contribution in [0.5, 0.6) is 23.0 Å². The Morgan fingerprint density at radius 1 is 0.758 bits per heavy atom. The Kier molecular flexibility index (Phi) is 9.31. The number of hydrogen-bond donors (Lipinski definition) is 1. The number of ether oxygens (including phenoxy) is 5. The molecule has 0 bridgehead atoms. The third-order valence-electron chi connectivity index (χ3n) is 5.79. The van der Waals surface area contributed by atoms with Gasteiger partial charge in [-0.2, -0.15) is 0 Å². The van der Waals surface area contributed by atoms with Crippen LogP contribution in [0.4, 0.5) is 0 Å². The highest BCUT2D eigenvalue weighted by molar-refractivity contribution is 5.45. The van der Waals surface area contributed by atoms with Crippen molar-refractivity contribution < 1.29 is 53.6 Å². The molecule has 1 N–H and O–H groups in total. The molecule has 0 saturated carbocycles. The predicted molar refractivity (Wildman–Crippen MR) is 113 cm³/mol. The van der Waals surface area contributed by atoms with Gasteiger partial charge < -0.3 is 53.6 Å². The lowest BCUT2D eigenvalue weighted by Crippen LogP contribution is -3.00. The molecule has 33 heavy (non-hydrogen) atoms. The molecule has 182 valence electrons. The van der Waals surface area contributed by atoms with E-state index >= 15 is 0 Å². The minimum atomic E-state index is -0.505. The molecule has 0 radical (unpaired) electrons. The van der Waals surface area contributed by atoms with Crippen molar-refractivity contribution in [1.82, 2.24) is 9.80 Å². The zero-order chi connectivity index (χ0) is 21.0. The van der Waals surface area contributed by atoms with E-state index in [4.69, 9.17) is 23.7 Å². The van der Waals surface area contributed by atoms with Crippen LogP contribution < -0.4 is 43.8 Å². The van der Waals surface area contributed by atoms with Gasteiger partial charge in [-0.05, 0) is 35.4 Å². The summed E-state index contributed by atoms with van der Waals surface area (Å²) in [5.41, 5.74) is 2.24. The maximum absolute atomic E-state index is 10.4. The molecule has 0 aliphatic carbocycles. The van der Waals surface area contributed by atoms with E-state index in [2.05, 4.69) is 21.9 Å². The Balaban J connectivity index is 0.00000153.